The average molecular weight is 487 g/mol. The molecular formula is C19H30IN5S. The molecule has 1 atom stereocenters. The molecule has 26 heavy (non-hydrogen) atoms. The Balaban J connectivity index is 0.00000338. The second-order valence-corrected chi connectivity index (χ2v) is 7.62. The topological polar surface area (TPSA) is 61.3 Å². The number of anilines is 1. The first-order valence-corrected chi connectivity index (χ1v) is 9.65. The molecule has 144 valence electrons. The Morgan fingerprint density at radius 2 is 1.92 bits per heavy atom. The second kappa shape index (κ2) is 12.1. The van der Waals surface area contributed by atoms with Crippen molar-refractivity contribution in [2.45, 2.75) is 40.3 Å². The zero-order chi connectivity index (χ0) is 18.1. The van der Waals surface area contributed by atoms with Crippen molar-refractivity contribution in [2.75, 3.05) is 18.4 Å². The fourth-order valence-corrected chi connectivity index (χ4v) is 3.08. The lowest BCUT2D eigenvalue weighted by atomic mass is 10.0. The van der Waals surface area contributed by atoms with E-state index in [4.69, 9.17) is 0 Å². The third-order valence-electron chi connectivity index (χ3n) is 3.81. The molecule has 1 unspecified atom stereocenters. The van der Waals surface area contributed by atoms with Crippen LogP contribution in [0.4, 0.5) is 5.69 Å². The summed E-state index contributed by atoms with van der Waals surface area (Å²) in [5, 5.41) is 11.4. The van der Waals surface area contributed by atoms with Crippen molar-refractivity contribution in [1.82, 2.24) is 15.6 Å². The minimum Gasteiger partial charge on any atom is -0.380 e. The van der Waals surface area contributed by atoms with Crippen LogP contribution in [-0.2, 0) is 6.54 Å². The van der Waals surface area contributed by atoms with Gasteiger partial charge in [-0.05, 0) is 31.9 Å². The molecule has 3 N–H and O–H groups in total. The summed E-state index contributed by atoms with van der Waals surface area (Å²) in [7, 11) is 0. The van der Waals surface area contributed by atoms with Crippen LogP contribution in [0.3, 0.4) is 0 Å². The zero-order valence-corrected chi connectivity index (χ0v) is 19.1. The van der Waals surface area contributed by atoms with Gasteiger partial charge in [0.15, 0.2) is 5.96 Å². The summed E-state index contributed by atoms with van der Waals surface area (Å²) >= 11 is 1.69. The Kier molecular flexibility index (Phi) is 10.6. The van der Waals surface area contributed by atoms with Crippen LogP contribution in [0.15, 0.2) is 41.5 Å². The standard InChI is InChI=1S/C19H29N5S.HI/c1-5-20-19(23-13-18-21-11-15(4)25-18)22-12-17(14(2)3)24-16-9-7-6-8-10-16;/h6-11,14,17,24H,5,12-13H2,1-4H3,(H2,20,22,23);1H. The Morgan fingerprint density at radius 3 is 2.50 bits per heavy atom. The maximum absolute atomic E-state index is 4.65. The van der Waals surface area contributed by atoms with E-state index in [2.05, 4.69) is 77.9 Å². The van der Waals surface area contributed by atoms with Crippen molar-refractivity contribution in [3.05, 3.63) is 46.4 Å². The molecule has 0 aliphatic carbocycles. The monoisotopic (exact) mass is 487 g/mol. The highest BCUT2D eigenvalue weighted by atomic mass is 127. The molecule has 0 bridgehead atoms. The second-order valence-electron chi connectivity index (χ2n) is 6.30. The van der Waals surface area contributed by atoms with Gasteiger partial charge in [0.1, 0.15) is 5.01 Å². The number of rotatable bonds is 8. The summed E-state index contributed by atoms with van der Waals surface area (Å²) in [5.41, 5.74) is 1.14. The molecule has 0 radical (unpaired) electrons. The summed E-state index contributed by atoms with van der Waals surface area (Å²) in [6, 6.07) is 10.6. The first-order valence-electron chi connectivity index (χ1n) is 8.83. The number of benzene rings is 1. The molecule has 5 nitrogen and oxygen atoms in total. The van der Waals surface area contributed by atoms with Crippen molar-refractivity contribution < 1.29 is 0 Å². The average Bonchev–Trinajstić information content (AvgIpc) is 3.02. The van der Waals surface area contributed by atoms with Gasteiger partial charge < -0.3 is 16.0 Å². The molecule has 0 spiro atoms. The highest BCUT2D eigenvalue weighted by molar-refractivity contribution is 14.0. The molecule has 0 aliphatic heterocycles. The fraction of sp³-hybridized carbons (Fsp3) is 0.474. The van der Waals surface area contributed by atoms with E-state index in [1.165, 1.54) is 4.88 Å². The smallest absolute Gasteiger partial charge is 0.191 e. The zero-order valence-electron chi connectivity index (χ0n) is 16.0. The highest BCUT2D eigenvalue weighted by Gasteiger charge is 2.13. The normalized spacial score (nSPS) is 12.4. The number of aromatic nitrogens is 1. The van der Waals surface area contributed by atoms with Gasteiger partial charge >= 0.3 is 0 Å². The van der Waals surface area contributed by atoms with E-state index >= 15 is 0 Å². The van der Waals surface area contributed by atoms with E-state index in [1.807, 2.05) is 12.3 Å². The molecule has 2 rings (SSSR count). The molecule has 1 aromatic carbocycles. The molecule has 0 amide bonds. The van der Waals surface area contributed by atoms with Gasteiger partial charge in [-0.15, -0.1) is 35.3 Å². The van der Waals surface area contributed by atoms with Gasteiger partial charge in [0.2, 0.25) is 0 Å². The van der Waals surface area contributed by atoms with E-state index in [-0.39, 0.29) is 24.0 Å². The number of aryl methyl sites for hydroxylation is 1. The first-order chi connectivity index (χ1) is 12.1. The van der Waals surface area contributed by atoms with Gasteiger partial charge in [-0.2, -0.15) is 0 Å². The van der Waals surface area contributed by atoms with Crippen LogP contribution in [0.5, 0.6) is 0 Å². The van der Waals surface area contributed by atoms with Gasteiger partial charge in [-0.25, -0.2) is 9.98 Å². The molecule has 0 saturated carbocycles. The first kappa shape index (κ1) is 22.7. The molecule has 1 heterocycles. The van der Waals surface area contributed by atoms with E-state index < -0.39 is 0 Å². The Labute approximate surface area is 178 Å². The number of nitrogens with zero attached hydrogens (tertiary/aromatic N) is 2. The minimum absolute atomic E-state index is 0. The van der Waals surface area contributed by atoms with Gasteiger partial charge in [-0.1, -0.05) is 32.0 Å². The Bertz CT molecular complexity index is 657. The maximum atomic E-state index is 4.65. The van der Waals surface area contributed by atoms with E-state index in [0.29, 0.717) is 18.5 Å². The van der Waals surface area contributed by atoms with E-state index in [1.54, 1.807) is 11.3 Å². The summed E-state index contributed by atoms with van der Waals surface area (Å²) in [5.74, 6) is 1.33. The van der Waals surface area contributed by atoms with E-state index in [0.717, 1.165) is 29.7 Å². The molecule has 0 saturated heterocycles. The molecule has 2 aromatic rings. The molecule has 0 fully saturated rings. The number of hydrogen-bond donors (Lipinski definition) is 3. The number of guanidine groups is 1. The lowest BCUT2D eigenvalue weighted by Gasteiger charge is -2.25. The van der Waals surface area contributed by atoms with Crippen LogP contribution < -0.4 is 16.0 Å². The highest BCUT2D eigenvalue weighted by Crippen LogP contribution is 2.13. The van der Waals surface area contributed by atoms with Gasteiger partial charge in [0, 0.05) is 35.9 Å². The summed E-state index contributed by atoms with van der Waals surface area (Å²) in [6.07, 6.45) is 1.90. The number of hydrogen-bond acceptors (Lipinski definition) is 4. The third-order valence-corrected chi connectivity index (χ3v) is 4.70. The molecular weight excluding hydrogens is 457 g/mol. The molecule has 0 aliphatic rings. The quantitative estimate of drug-likeness (QED) is 0.296. The van der Waals surface area contributed by atoms with Gasteiger partial charge in [0.25, 0.3) is 0 Å². The largest absolute Gasteiger partial charge is 0.380 e. The van der Waals surface area contributed by atoms with Crippen molar-refractivity contribution in [2.24, 2.45) is 10.9 Å². The lowest BCUT2D eigenvalue weighted by Crippen LogP contribution is -2.44. The van der Waals surface area contributed by atoms with Crippen LogP contribution in [0.1, 0.15) is 30.7 Å². The number of thiazole rings is 1. The number of halogens is 1. The maximum Gasteiger partial charge on any atom is 0.191 e. The third kappa shape index (κ3) is 7.90. The van der Waals surface area contributed by atoms with Crippen LogP contribution in [0.2, 0.25) is 0 Å². The molecule has 1 aromatic heterocycles. The van der Waals surface area contributed by atoms with Crippen LogP contribution in [0.25, 0.3) is 0 Å². The SMILES string of the molecule is CCNC(=NCc1ncc(C)s1)NCC(Nc1ccccc1)C(C)C.I. The van der Waals surface area contributed by atoms with Crippen molar-refractivity contribution in [3.8, 4) is 0 Å². The Hall–Kier alpha value is -1.35. The minimum atomic E-state index is 0. The van der Waals surface area contributed by atoms with Gasteiger partial charge in [-0.3, -0.25) is 0 Å². The van der Waals surface area contributed by atoms with Gasteiger partial charge in [0.05, 0.1) is 6.54 Å². The van der Waals surface area contributed by atoms with Crippen LogP contribution in [-0.4, -0.2) is 30.1 Å². The van der Waals surface area contributed by atoms with Crippen molar-refractivity contribution in [3.63, 3.8) is 0 Å². The number of nitrogens with one attached hydrogen (secondary N) is 3. The summed E-state index contributed by atoms with van der Waals surface area (Å²) in [6.45, 7) is 10.8. The van der Waals surface area contributed by atoms with Crippen LogP contribution in [0, 0.1) is 12.8 Å². The van der Waals surface area contributed by atoms with Crippen molar-refractivity contribution in [1.29, 1.82) is 0 Å². The summed E-state index contributed by atoms with van der Waals surface area (Å²) < 4.78 is 0. The van der Waals surface area contributed by atoms with Crippen molar-refractivity contribution >= 4 is 47.0 Å². The fourth-order valence-electron chi connectivity index (χ4n) is 2.37. The predicted molar refractivity (Wildman–Crippen MR) is 124 cm³/mol. The predicted octanol–water partition coefficient (Wildman–Crippen LogP) is 4.26. The van der Waals surface area contributed by atoms with E-state index in [9.17, 15) is 0 Å². The number of para-hydroxylation sites is 1. The number of aliphatic imine (C=N–C) groups is 1. The lowest BCUT2D eigenvalue weighted by molar-refractivity contribution is 0.512. The van der Waals surface area contributed by atoms with Crippen LogP contribution >= 0.6 is 35.3 Å². The Morgan fingerprint density at radius 1 is 1.19 bits per heavy atom. The molecule has 7 heteroatoms. The summed E-state index contributed by atoms with van der Waals surface area (Å²) in [4.78, 5) is 10.2.